The largest absolute Gasteiger partial charge is 0.272 e. The summed E-state index contributed by atoms with van der Waals surface area (Å²) in [5, 5.41) is 4.96. The number of carbonyl (C=O) groups is 1. The lowest BCUT2D eigenvalue weighted by molar-refractivity contribution is -0.118. The third-order valence-corrected chi connectivity index (χ3v) is 4.08. The molecule has 0 spiro atoms. The molecule has 0 unspecified atom stereocenters. The van der Waals surface area contributed by atoms with Crippen LogP contribution in [0, 0.1) is 0 Å². The van der Waals surface area contributed by atoms with Gasteiger partial charge >= 0.3 is 0 Å². The number of para-hydroxylation sites is 1. The fourth-order valence-corrected chi connectivity index (χ4v) is 2.82. The standard InChI is InChI=1S/C17H14N4OS/c22-16(21-20-11-14-7-1-2-9-18-14)12-23-15-8-3-5-13-6-4-10-19-17(13)15/h1-11H,12H2,(H,21,22)/b20-11-. The summed E-state index contributed by atoms with van der Waals surface area (Å²) in [6.07, 6.45) is 4.94. The molecule has 0 atom stereocenters. The zero-order valence-electron chi connectivity index (χ0n) is 12.2. The lowest BCUT2D eigenvalue weighted by Crippen LogP contribution is -2.19. The first-order chi connectivity index (χ1) is 11.3. The van der Waals surface area contributed by atoms with Gasteiger partial charge in [-0.1, -0.05) is 24.3 Å². The summed E-state index contributed by atoms with van der Waals surface area (Å²) in [6.45, 7) is 0. The Kier molecular flexibility index (Phi) is 4.95. The summed E-state index contributed by atoms with van der Waals surface area (Å²) in [5.74, 6) is 0.102. The molecule has 2 heterocycles. The minimum absolute atomic E-state index is 0.171. The highest BCUT2D eigenvalue weighted by Gasteiger charge is 2.05. The van der Waals surface area contributed by atoms with Crippen LogP contribution in [0.5, 0.6) is 0 Å². The SMILES string of the molecule is O=C(CSc1cccc2cccnc12)N/N=C\c1ccccn1. The maximum atomic E-state index is 11.9. The van der Waals surface area contributed by atoms with Crippen molar-refractivity contribution in [1.82, 2.24) is 15.4 Å². The lowest BCUT2D eigenvalue weighted by Gasteiger charge is -2.04. The van der Waals surface area contributed by atoms with E-state index in [0.717, 1.165) is 15.8 Å². The Bertz CT molecular complexity index is 831. The predicted octanol–water partition coefficient (Wildman–Crippen LogP) is 2.87. The fraction of sp³-hybridized carbons (Fsp3) is 0.0588. The molecule has 0 aliphatic carbocycles. The van der Waals surface area contributed by atoms with E-state index in [0.29, 0.717) is 5.69 Å². The first-order valence-corrected chi connectivity index (χ1v) is 8.01. The molecule has 1 amide bonds. The van der Waals surface area contributed by atoms with Crippen LogP contribution >= 0.6 is 11.8 Å². The van der Waals surface area contributed by atoms with E-state index < -0.39 is 0 Å². The monoisotopic (exact) mass is 322 g/mol. The van der Waals surface area contributed by atoms with E-state index >= 15 is 0 Å². The molecule has 114 valence electrons. The second-order valence-corrected chi connectivity index (χ2v) is 5.68. The summed E-state index contributed by atoms with van der Waals surface area (Å²) in [5.41, 5.74) is 4.10. The zero-order chi connectivity index (χ0) is 15.9. The highest BCUT2D eigenvalue weighted by molar-refractivity contribution is 8.00. The number of rotatable bonds is 5. The molecule has 0 bridgehead atoms. The zero-order valence-corrected chi connectivity index (χ0v) is 13.0. The number of pyridine rings is 2. The molecule has 0 fully saturated rings. The van der Waals surface area contributed by atoms with E-state index in [1.54, 1.807) is 12.4 Å². The topological polar surface area (TPSA) is 67.2 Å². The summed E-state index contributed by atoms with van der Waals surface area (Å²) in [4.78, 5) is 21.3. The van der Waals surface area contributed by atoms with Gasteiger partial charge in [-0.05, 0) is 24.3 Å². The van der Waals surface area contributed by atoms with Crippen LogP contribution in [0.2, 0.25) is 0 Å². The number of amides is 1. The molecule has 0 saturated carbocycles. The molecule has 6 heteroatoms. The van der Waals surface area contributed by atoms with Crippen molar-refractivity contribution in [2.45, 2.75) is 4.90 Å². The van der Waals surface area contributed by atoms with Gasteiger partial charge in [0.05, 0.1) is 23.2 Å². The normalized spacial score (nSPS) is 11.0. The van der Waals surface area contributed by atoms with Crippen molar-refractivity contribution in [3.05, 3.63) is 66.6 Å². The van der Waals surface area contributed by atoms with Gasteiger partial charge in [-0.3, -0.25) is 14.8 Å². The van der Waals surface area contributed by atoms with E-state index in [2.05, 4.69) is 20.5 Å². The van der Waals surface area contributed by atoms with Gasteiger partial charge in [0.15, 0.2) is 0 Å². The maximum Gasteiger partial charge on any atom is 0.250 e. The maximum absolute atomic E-state index is 11.9. The Hall–Kier alpha value is -2.73. The Balaban J connectivity index is 1.57. The van der Waals surface area contributed by atoms with Crippen LogP contribution in [0.4, 0.5) is 0 Å². The molecule has 1 N–H and O–H groups in total. The van der Waals surface area contributed by atoms with Crippen molar-refractivity contribution >= 4 is 34.8 Å². The molecule has 5 nitrogen and oxygen atoms in total. The number of thioether (sulfide) groups is 1. The lowest BCUT2D eigenvalue weighted by atomic mass is 10.2. The number of aromatic nitrogens is 2. The van der Waals surface area contributed by atoms with Crippen LogP contribution in [0.15, 0.2) is 70.9 Å². The smallest absolute Gasteiger partial charge is 0.250 e. The molecular weight excluding hydrogens is 308 g/mol. The van der Waals surface area contributed by atoms with E-state index in [1.807, 2.05) is 48.5 Å². The number of hydrogen-bond donors (Lipinski definition) is 1. The van der Waals surface area contributed by atoms with Crippen molar-refractivity contribution in [3.8, 4) is 0 Å². The van der Waals surface area contributed by atoms with Gasteiger partial charge in [0.2, 0.25) is 5.91 Å². The summed E-state index contributed by atoms with van der Waals surface area (Å²) in [6, 6.07) is 15.3. The third kappa shape index (κ3) is 4.14. The van der Waals surface area contributed by atoms with Crippen molar-refractivity contribution in [2.24, 2.45) is 5.10 Å². The Morgan fingerprint density at radius 1 is 1.09 bits per heavy atom. The predicted molar refractivity (Wildman–Crippen MR) is 92.4 cm³/mol. The molecule has 1 aromatic carbocycles. The van der Waals surface area contributed by atoms with Gasteiger partial charge in [-0.15, -0.1) is 11.8 Å². The molecule has 0 aliphatic rings. The second kappa shape index (κ2) is 7.51. The molecule has 23 heavy (non-hydrogen) atoms. The number of nitrogens with zero attached hydrogens (tertiary/aromatic N) is 3. The number of hydrazone groups is 1. The average Bonchev–Trinajstić information content (AvgIpc) is 2.61. The van der Waals surface area contributed by atoms with Gasteiger partial charge in [-0.25, -0.2) is 5.43 Å². The molecule has 3 rings (SSSR count). The number of fused-ring (bicyclic) bond motifs is 1. The Morgan fingerprint density at radius 3 is 2.83 bits per heavy atom. The van der Waals surface area contributed by atoms with Crippen molar-refractivity contribution in [1.29, 1.82) is 0 Å². The van der Waals surface area contributed by atoms with Crippen LogP contribution in [-0.2, 0) is 4.79 Å². The number of hydrogen-bond acceptors (Lipinski definition) is 5. The quantitative estimate of drug-likeness (QED) is 0.445. The van der Waals surface area contributed by atoms with Crippen molar-refractivity contribution in [2.75, 3.05) is 5.75 Å². The van der Waals surface area contributed by atoms with Crippen LogP contribution in [0.25, 0.3) is 10.9 Å². The third-order valence-electron chi connectivity index (χ3n) is 3.03. The number of nitrogens with one attached hydrogen (secondary N) is 1. The molecular formula is C17H14N4OS. The first-order valence-electron chi connectivity index (χ1n) is 7.02. The average molecular weight is 322 g/mol. The summed E-state index contributed by atoms with van der Waals surface area (Å²) >= 11 is 1.44. The number of benzene rings is 1. The molecule has 0 aliphatic heterocycles. The first kappa shape index (κ1) is 15.2. The van der Waals surface area contributed by atoms with Gasteiger partial charge in [0, 0.05) is 22.7 Å². The highest BCUT2D eigenvalue weighted by Crippen LogP contribution is 2.25. The van der Waals surface area contributed by atoms with Gasteiger partial charge in [-0.2, -0.15) is 5.10 Å². The van der Waals surface area contributed by atoms with Crippen molar-refractivity contribution < 1.29 is 4.79 Å². The van der Waals surface area contributed by atoms with Gasteiger partial charge in [0.25, 0.3) is 0 Å². The van der Waals surface area contributed by atoms with Gasteiger partial charge in [0.1, 0.15) is 0 Å². The Morgan fingerprint density at radius 2 is 1.96 bits per heavy atom. The van der Waals surface area contributed by atoms with Gasteiger partial charge < -0.3 is 0 Å². The van der Waals surface area contributed by atoms with Crippen LogP contribution in [-0.4, -0.2) is 27.8 Å². The number of carbonyl (C=O) groups excluding carboxylic acids is 1. The van der Waals surface area contributed by atoms with Crippen LogP contribution in [0.3, 0.4) is 0 Å². The summed E-state index contributed by atoms with van der Waals surface area (Å²) < 4.78 is 0. The minimum Gasteiger partial charge on any atom is -0.272 e. The second-order valence-electron chi connectivity index (χ2n) is 4.67. The van der Waals surface area contributed by atoms with Crippen molar-refractivity contribution in [3.63, 3.8) is 0 Å². The summed E-state index contributed by atoms with van der Waals surface area (Å²) in [7, 11) is 0. The van der Waals surface area contributed by atoms with Crippen LogP contribution < -0.4 is 5.43 Å². The molecule has 0 radical (unpaired) electrons. The molecule has 0 saturated heterocycles. The Labute approximate surface area is 137 Å². The fourth-order valence-electron chi connectivity index (χ4n) is 1.99. The van der Waals surface area contributed by atoms with E-state index in [-0.39, 0.29) is 11.7 Å². The molecule has 3 aromatic rings. The highest BCUT2D eigenvalue weighted by atomic mass is 32.2. The van der Waals surface area contributed by atoms with E-state index in [1.165, 1.54) is 18.0 Å². The van der Waals surface area contributed by atoms with E-state index in [9.17, 15) is 4.79 Å². The molecule has 2 aromatic heterocycles. The minimum atomic E-state index is -0.171. The van der Waals surface area contributed by atoms with Crippen LogP contribution in [0.1, 0.15) is 5.69 Å². The van der Waals surface area contributed by atoms with E-state index in [4.69, 9.17) is 0 Å².